The van der Waals surface area contributed by atoms with Crippen LogP contribution in [0.25, 0.3) is 0 Å². The van der Waals surface area contributed by atoms with E-state index in [1.807, 2.05) is 0 Å². The number of hydrogen-bond donors (Lipinski definition) is 1. The van der Waals surface area contributed by atoms with Gasteiger partial charge in [-0.15, -0.1) is 0 Å². The van der Waals surface area contributed by atoms with Crippen molar-refractivity contribution in [2.75, 3.05) is 26.2 Å². The molecule has 0 aliphatic rings. The van der Waals surface area contributed by atoms with Crippen LogP contribution in [0.1, 0.15) is 40.0 Å². The summed E-state index contributed by atoms with van der Waals surface area (Å²) in [4.78, 5) is 2.56. The molecule has 80 valence electrons. The van der Waals surface area contributed by atoms with Crippen molar-refractivity contribution in [3.63, 3.8) is 0 Å². The fourth-order valence-electron chi connectivity index (χ4n) is 1.74. The molecule has 2 N–H and O–H groups in total. The third kappa shape index (κ3) is 7.03. The zero-order valence-corrected chi connectivity index (χ0v) is 9.55. The van der Waals surface area contributed by atoms with Gasteiger partial charge < -0.3 is 10.6 Å². The highest BCUT2D eigenvalue weighted by Gasteiger charge is 2.07. The van der Waals surface area contributed by atoms with Crippen molar-refractivity contribution in [3.8, 4) is 0 Å². The molecule has 0 saturated carbocycles. The first-order valence-corrected chi connectivity index (χ1v) is 5.66. The van der Waals surface area contributed by atoms with Gasteiger partial charge in [0.2, 0.25) is 0 Å². The predicted molar refractivity (Wildman–Crippen MR) is 59.9 cm³/mol. The van der Waals surface area contributed by atoms with Crippen molar-refractivity contribution in [3.05, 3.63) is 0 Å². The zero-order valence-electron chi connectivity index (χ0n) is 9.55. The largest absolute Gasteiger partial charge is 0.330 e. The van der Waals surface area contributed by atoms with Gasteiger partial charge in [0.25, 0.3) is 0 Å². The predicted octanol–water partition coefficient (Wildman–Crippen LogP) is 2.09. The van der Waals surface area contributed by atoms with Crippen LogP contribution in [0.4, 0.5) is 0 Å². The first-order valence-electron chi connectivity index (χ1n) is 5.66. The van der Waals surface area contributed by atoms with Crippen molar-refractivity contribution in [2.45, 2.75) is 40.0 Å². The highest BCUT2D eigenvalue weighted by atomic mass is 15.1. The Kier molecular flexibility index (Phi) is 8.46. The van der Waals surface area contributed by atoms with Crippen molar-refractivity contribution in [1.82, 2.24) is 4.90 Å². The smallest absolute Gasteiger partial charge is 0.000749 e. The topological polar surface area (TPSA) is 29.3 Å². The molecule has 0 aliphatic heterocycles. The molecule has 0 aromatic carbocycles. The van der Waals surface area contributed by atoms with Gasteiger partial charge in [0.15, 0.2) is 0 Å². The normalized spacial score (nSPS) is 13.6. The molecule has 0 spiro atoms. The molecule has 0 aromatic rings. The van der Waals surface area contributed by atoms with Gasteiger partial charge in [-0.3, -0.25) is 0 Å². The maximum absolute atomic E-state index is 5.53. The lowest BCUT2D eigenvalue weighted by Gasteiger charge is -2.24. The van der Waals surface area contributed by atoms with Gasteiger partial charge in [-0.25, -0.2) is 0 Å². The third-order valence-corrected chi connectivity index (χ3v) is 2.31. The quantitative estimate of drug-likeness (QED) is 0.629. The van der Waals surface area contributed by atoms with Crippen molar-refractivity contribution in [2.24, 2.45) is 11.7 Å². The van der Waals surface area contributed by atoms with Crippen LogP contribution in [0.5, 0.6) is 0 Å². The van der Waals surface area contributed by atoms with Crippen LogP contribution in [-0.4, -0.2) is 31.1 Å². The molecular formula is C11H26N2. The molecule has 0 heterocycles. The number of hydrogen-bond acceptors (Lipinski definition) is 2. The Hall–Kier alpha value is -0.0800. The molecule has 0 saturated heterocycles. The lowest BCUT2D eigenvalue weighted by molar-refractivity contribution is 0.234. The molecule has 0 radical (unpaired) electrons. The molecule has 2 heteroatoms. The molecule has 0 fully saturated rings. The summed E-state index contributed by atoms with van der Waals surface area (Å²) < 4.78 is 0. The minimum absolute atomic E-state index is 0.753. The fraction of sp³-hybridized carbons (Fsp3) is 1.00. The van der Waals surface area contributed by atoms with Crippen molar-refractivity contribution >= 4 is 0 Å². The van der Waals surface area contributed by atoms with Crippen LogP contribution in [-0.2, 0) is 0 Å². The Labute approximate surface area is 83.5 Å². The van der Waals surface area contributed by atoms with Crippen LogP contribution in [0, 0.1) is 5.92 Å². The minimum atomic E-state index is 0.753. The van der Waals surface area contributed by atoms with E-state index in [0.717, 1.165) is 18.9 Å². The average Bonchev–Trinajstić information content (AvgIpc) is 2.05. The monoisotopic (exact) mass is 186 g/mol. The Balaban J connectivity index is 3.64. The number of nitrogens with two attached hydrogens (primary N) is 1. The summed E-state index contributed by atoms with van der Waals surface area (Å²) in [5.74, 6) is 0.753. The Morgan fingerprint density at radius 1 is 1.15 bits per heavy atom. The van der Waals surface area contributed by atoms with E-state index >= 15 is 0 Å². The van der Waals surface area contributed by atoms with E-state index < -0.39 is 0 Å². The van der Waals surface area contributed by atoms with Gasteiger partial charge in [0.05, 0.1) is 0 Å². The molecule has 1 atom stereocenters. The SMILES string of the molecule is CCCN(CCC)CC(C)CCN. The Bertz CT molecular complexity index is 98.3. The van der Waals surface area contributed by atoms with Crippen LogP contribution in [0.2, 0.25) is 0 Å². The third-order valence-electron chi connectivity index (χ3n) is 2.31. The van der Waals surface area contributed by atoms with Gasteiger partial charge in [0.1, 0.15) is 0 Å². The summed E-state index contributed by atoms with van der Waals surface area (Å²) >= 11 is 0. The van der Waals surface area contributed by atoms with Gasteiger partial charge in [-0.2, -0.15) is 0 Å². The van der Waals surface area contributed by atoms with E-state index in [-0.39, 0.29) is 0 Å². The second-order valence-corrected chi connectivity index (χ2v) is 3.98. The highest BCUT2D eigenvalue weighted by molar-refractivity contribution is 4.62. The lowest BCUT2D eigenvalue weighted by Crippen LogP contribution is -2.30. The van der Waals surface area contributed by atoms with E-state index in [4.69, 9.17) is 5.73 Å². The van der Waals surface area contributed by atoms with E-state index in [9.17, 15) is 0 Å². The summed E-state index contributed by atoms with van der Waals surface area (Å²) in [6.07, 6.45) is 3.68. The van der Waals surface area contributed by atoms with E-state index in [0.29, 0.717) is 0 Å². The van der Waals surface area contributed by atoms with Gasteiger partial charge >= 0.3 is 0 Å². The summed E-state index contributed by atoms with van der Waals surface area (Å²) in [6, 6.07) is 0. The molecule has 0 aromatic heterocycles. The molecule has 0 aliphatic carbocycles. The van der Waals surface area contributed by atoms with Crippen molar-refractivity contribution in [1.29, 1.82) is 0 Å². The van der Waals surface area contributed by atoms with Crippen molar-refractivity contribution < 1.29 is 0 Å². The molecule has 0 bridgehead atoms. The van der Waals surface area contributed by atoms with Crippen LogP contribution >= 0.6 is 0 Å². The second kappa shape index (κ2) is 8.52. The van der Waals surface area contributed by atoms with E-state index in [1.54, 1.807) is 0 Å². The number of rotatable bonds is 8. The first-order chi connectivity index (χ1) is 6.24. The Morgan fingerprint density at radius 2 is 1.69 bits per heavy atom. The van der Waals surface area contributed by atoms with Gasteiger partial charge in [0, 0.05) is 6.54 Å². The summed E-state index contributed by atoms with van der Waals surface area (Å²) in [5, 5.41) is 0. The summed E-state index contributed by atoms with van der Waals surface area (Å²) in [6.45, 7) is 11.3. The molecule has 0 rings (SSSR count). The second-order valence-electron chi connectivity index (χ2n) is 3.98. The van der Waals surface area contributed by atoms with Crippen LogP contribution in [0.15, 0.2) is 0 Å². The minimum Gasteiger partial charge on any atom is -0.330 e. The highest BCUT2D eigenvalue weighted by Crippen LogP contribution is 2.05. The summed E-state index contributed by atoms with van der Waals surface area (Å²) in [7, 11) is 0. The van der Waals surface area contributed by atoms with E-state index in [1.165, 1.54) is 32.5 Å². The average molecular weight is 186 g/mol. The first kappa shape index (κ1) is 12.9. The standard InChI is InChI=1S/C11H26N2/c1-4-8-13(9-5-2)10-11(3)6-7-12/h11H,4-10,12H2,1-3H3. The lowest BCUT2D eigenvalue weighted by atomic mass is 10.1. The van der Waals surface area contributed by atoms with Crippen LogP contribution in [0.3, 0.4) is 0 Å². The fourth-order valence-corrected chi connectivity index (χ4v) is 1.74. The maximum atomic E-state index is 5.53. The molecule has 0 amide bonds. The summed E-state index contributed by atoms with van der Waals surface area (Å²) in [5.41, 5.74) is 5.53. The molecule has 1 unspecified atom stereocenters. The van der Waals surface area contributed by atoms with Gasteiger partial charge in [-0.1, -0.05) is 20.8 Å². The molecule has 13 heavy (non-hydrogen) atoms. The zero-order chi connectivity index (χ0) is 10.1. The maximum Gasteiger partial charge on any atom is 0.000749 e. The van der Waals surface area contributed by atoms with Gasteiger partial charge in [-0.05, 0) is 44.8 Å². The Morgan fingerprint density at radius 3 is 2.08 bits per heavy atom. The number of nitrogens with zero attached hydrogens (tertiary/aromatic N) is 1. The molecule has 2 nitrogen and oxygen atoms in total. The molecular weight excluding hydrogens is 160 g/mol. The van der Waals surface area contributed by atoms with E-state index in [2.05, 4.69) is 25.7 Å². The van der Waals surface area contributed by atoms with Crippen LogP contribution < -0.4 is 5.73 Å².